The van der Waals surface area contributed by atoms with E-state index in [1.165, 1.54) is 30.1 Å². The van der Waals surface area contributed by atoms with Gasteiger partial charge in [-0.15, -0.1) is 5.10 Å². The number of carbonyl (C=O) groups is 2. The van der Waals surface area contributed by atoms with Crippen molar-refractivity contribution in [2.24, 2.45) is 15.9 Å². The minimum absolute atomic E-state index is 0.0140. The van der Waals surface area contributed by atoms with Gasteiger partial charge in [0, 0.05) is 0 Å². The van der Waals surface area contributed by atoms with Gasteiger partial charge in [-0.3, -0.25) is 9.59 Å². The standard InChI is InChI=1S/C11H10N4O3S/c12-10(18)7-3-6(1-2-8(7)16)4-13-15-11-14-9(17)5-19-11/h1-4,16H,5H2,(H2,12,18)(H,14,15,17). The maximum Gasteiger partial charge on any atom is 0.252 e. The van der Waals surface area contributed by atoms with Crippen molar-refractivity contribution in [2.45, 2.75) is 0 Å². The Bertz CT molecular complexity index is 598. The fourth-order valence-corrected chi connectivity index (χ4v) is 1.99. The normalized spacial score (nSPS) is 17.1. The number of primary amides is 1. The van der Waals surface area contributed by atoms with E-state index in [9.17, 15) is 14.7 Å². The Morgan fingerprint density at radius 1 is 1.53 bits per heavy atom. The predicted octanol–water partition coefficient (Wildman–Crippen LogP) is 0.0440. The summed E-state index contributed by atoms with van der Waals surface area (Å²) in [5, 5.41) is 19.9. The van der Waals surface area contributed by atoms with Gasteiger partial charge >= 0.3 is 0 Å². The average Bonchev–Trinajstić information content (AvgIpc) is 2.77. The van der Waals surface area contributed by atoms with Crippen LogP contribution < -0.4 is 11.1 Å². The van der Waals surface area contributed by atoms with Crippen molar-refractivity contribution >= 4 is 35.0 Å². The minimum atomic E-state index is -0.724. The number of carbonyl (C=O) groups excluding carboxylic acids is 2. The number of benzene rings is 1. The molecule has 1 heterocycles. The first-order valence-electron chi connectivity index (χ1n) is 5.23. The van der Waals surface area contributed by atoms with Gasteiger partial charge < -0.3 is 16.2 Å². The highest BCUT2D eigenvalue weighted by molar-refractivity contribution is 8.15. The molecule has 1 saturated heterocycles. The summed E-state index contributed by atoms with van der Waals surface area (Å²) in [4.78, 5) is 21.9. The third-order valence-corrected chi connectivity index (χ3v) is 3.09. The number of rotatable bonds is 3. The molecule has 2 amide bonds. The highest BCUT2D eigenvalue weighted by Gasteiger charge is 2.15. The fourth-order valence-electron chi connectivity index (χ4n) is 1.36. The number of phenols is 1. The molecule has 0 bridgehead atoms. The smallest absolute Gasteiger partial charge is 0.252 e. The van der Waals surface area contributed by atoms with Crippen molar-refractivity contribution in [1.82, 2.24) is 5.32 Å². The summed E-state index contributed by atoms with van der Waals surface area (Å²) < 4.78 is 0. The summed E-state index contributed by atoms with van der Waals surface area (Å²) in [6, 6.07) is 4.31. The van der Waals surface area contributed by atoms with E-state index in [1.807, 2.05) is 0 Å². The van der Waals surface area contributed by atoms with E-state index in [-0.39, 0.29) is 17.2 Å². The van der Waals surface area contributed by atoms with Crippen LogP contribution in [-0.4, -0.2) is 34.1 Å². The van der Waals surface area contributed by atoms with Crippen molar-refractivity contribution in [3.8, 4) is 5.75 Å². The summed E-state index contributed by atoms with van der Waals surface area (Å²) in [5.74, 6) is -0.689. The van der Waals surface area contributed by atoms with Crippen LogP contribution >= 0.6 is 11.8 Å². The molecule has 0 aromatic heterocycles. The molecular formula is C11H10N4O3S. The second-order valence-corrected chi connectivity index (χ2v) is 4.59. The zero-order valence-electron chi connectivity index (χ0n) is 9.66. The quantitative estimate of drug-likeness (QED) is 0.534. The molecule has 4 N–H and O–H groups in total. The maximum absolute atomic E-state index is 11.0. The van der Waals surface area contributed by atoms with Gasteiger partial charge in [0.2, 0.25) is 5.91 Å². The Kier molecular flexibility index (Phi) is 3.81. The van der Waals surface area contributed by atoms with E-state index in [1.54, 1.807) is 6.07 Å². The number of nitrogens with zero attached hydrogens (tertiary/aromatic N) is 2. The van der Waals surface area contributed by atoms with E-state index in [0.29, 0.717) is 16.5 Å². The summed E-state index contributed by atoms with van der Waals surface area (Å²) >= 11 is 1.26. The lowest BCUT2D eigenvalue weighted by atomic mass is 10.1. The highest BCUT2D eigenvalue weighted by atomic mass is 32.2. The predicted molar refractivity (Wildman–Crippen MR) is 72.3 cm³/mol. The van der Waals surface area contributed by atoms with E-state index >= 15 is 0 Å². The molecule has 98 valence electrons. The van der Waals surface area contributed by atoms with Crippen LogP contribution in [0.2, 0.25) is 0 Å². The van der Waals surface area contributed by atoms with Crippen LogP contribution in [-0.2, 0) is 4.79 Å². The minimum Gasteiger partial charge on any atom is -0.507 e. The molecule has 1 fully saturated rings. The number of amidine groups is 1. The summed E-state index contributed by atoms with van der Waals surface area (Å²) in [6.45, 7) is 0. The fraction of sp³-hybridized carbons (Fsp3) is 0.0909. The lowest BCUT2D eigenvalue weighted by Crippen LogP contribution is -2.19. The third-order valence-electron chi connectivity index (χ3n) is 2.23. The van der Waals surface area contributed by atoms with Gasteiger partial charge in [0.05, 0.1) is 17.5 Å². The first-order chi connectivity index (χ1) is 9.06. The summed E-state index contributed by atoms with van der Waals surface area (Å²) in [7, 11) is 0. The molecule has 0 atom stereocenters. The summed E-state index contributed by atoms with van der Waals surface area (Å²) in [6.07, 6.45) is 1.39. The topological polar surface area (TPSA) is 117 Å². The Morgan fingerprint density at radius 3 is 2.95 bits per heavy atom. The SMILES string of the molecule is NC(=O)c1cc(C=NN=C2NC(=O)CS2)ccc1O. The Hall–Kier alpha value is -2.35. The van der Waals surface area contributed by atoms with Crippen LogP contribution in [0.5, 0.6) is 5.75 Å². The molecule has 0 aliphatic carbocycles. The molecule has 1 aliphatic heterocycles. The third kappa shape index (κ3) is 3.32. The maximum atomic E-state index is 11.0. The van der Waals surface area contributed by atoms with Crippen LogP contribution in [0.25, 0.3) is 0 Å². The number of thioether (sulfide) groups is 1. The van der Waals surface area contributed by atoms with E-state index in [0.717, 1.165) is 0 Å². The number of nitrogens with one attached hydrogen (secondary N) is 1. The molecule has 7 nitrogen and oxygen atoms in total. The highest BCUT2D eigenvalue weighted by Crippen LogP contribution is 2.17. The van der Waals surface area contributed by atoms with Crippen LogP contribution in [0.4, 0.5) is 0 Å². The largest absolute Gasteiger partial charge is 0.507 e. The molecule has 1 aliphatic rings. The van der Waals surface area contributed by atoms with Gasteiger partial charge in [-0.2, -0.15) is 5.10 Å². The van der Waals surface area contributed by atoms with Gasteiger partial charge in [0.25, 0.3) is 5.91 Å². The molecule has 1 aromatic carbocycles. The molecule has 0 saturated carbocycles. The average molecular weight is 278 g/mol. The molecular weight excluding hydrogens is 268 g/mol. The molecule has 19 heavy (non-hydrogen) atoms. The Morgan fingerprint density at radius 2 is 2.32 bits per heavy atom. The number of aromatic hydroxyl groups is 1. The van der Waals surface area contributed by atoms with Gasteiger partial charge in [-0.25, -0.2) is 0 Å². The zero-order valence-corrected chi connectivity index (χ0v) is 10.5. The van der Waals surface area contributed by atoms with Gasteiger partial charge in [-0.1, -0.05) is 11.8 Å². The van der Waals surface area contributed by atoms with Crippen LogP contribution in [0, 0.1) is 0 Å². The zero-order chi connectivity index (χ0) is 13.8. The number of hydrogen-bond donors (Lipinski definition) is 3. The molecule has 0 radical (unpaired) electrons. The molecule has 2 rings (SSSR count). The van der Waals surface area contributed by atoms with Crippen LogP contribution in [0.1, 0.15) is 15.9 Å². The number of hydrogen-bond acceptors (Lipinski definition) is 6. The summed E-state index contributed by atoms with van der Waals surface area (Å²) in [5.41, 5.74) is 5.68. The molecule has 8 heteroatoms. The van der Waals surface area contributed by atoms with Crippen molar-refractivity contribution < 1.29 is 14.7 Å². The van der Waals surface area contributed by atoms with Gasteiger partial charge in [-0.05, 0) is 23.8 Å². The number of amides is 2. The van der Waals surface area contributed by atoms with Crippen LogP contribution in [0.15, 0.2) is 28.4 Å². The van der Waals surface area contributed by atoms with Gasteiger partial charge in [0.1, 0.15) is 5.75 Å². The lowest BCUT2D eigenvalue weighted by Gasteiger charge is -2.00. The molecule has 0 unspecified atom stereocenters. The lowest BCUT2D eigenvalue weighted by molar-refractivity contribution is -0.116. The first-order valence-corrected chi connectivity index (χ1v) is 6.21. The Labute approximate surface area is 112 Å². The van der Waals surface area contributed by atoms with Crippen molar-refractivity contribution in [1.29, 1.82) is 0 Å². The van der Waals surface area contributed by atoms with E-state index < -0.39 is 5.91 Å². The van der Waals surface area contributed by atoms with Crippen molar-refractivity contribution in [2.75, 3.05) is 5.75 Å². The molecule has 1 aromatic rings. The molecule has 0 spiro atoms. The number of nitrogens with two attached hydrogens (primary N) is 1. The first kappa shape index (κ1) is 13.1. The van der Waals surface area contributed by atoms with E-state index in [4.69, 9.17) is 5.73 Å². The van der Waals surface area contributed by atoms with Crippen molar-refractivity contribution in [3.63, 3.8) is 0 Å². The van der Waals surface area contributed by atoms with Gasteiger partial charge in [0.15, 0.2) is 5.17 Å². The van der Waals surface area contributed by atoms with E-state index in [2.05, 4.69) is 15.5 Å². The van der Waals surface area contributed by atoms with Crippen molar-refractivity contribution in [3.05, 3.63) is 29.3 Å². The van der Waals surface area contributed by atoms with Crippen LogP contribution in [0.3, 0.4) is 0 Å². The Balaban J connectivity index is 2.13. The second kappa shape index (κ2) is 5.53. The second-order valence-electron chi connectivity index (χ2n) is 3.63. The monoisotopic (exact) mass is 278 g/mol.